The first-order chi connectivity index (χ1) is 7.85. The summed E-state index contributed by atoms with van der Waals surface area (Å²) in [7, 11) is 0.952. The number of ether oxygens (including phenoxy) is 2. The zero-order valence-electron chi connectivity index (χ0n) is 8.58. The lowest BCUT2D eigenvalue weighted by molar-refractivity contribution is -0.274. The first kappa shape index (κ1) is 13.0. The molecule has 0 heterocycles. The number of alkyl halides is 3. The Morgan fingerprint density at radius 3 is 2.29 bits per heavy atom. The normalized spacial score (nSPS) is 10.8. The van der Waals surface area contributed by atoms with E-state index < -0.39 is 29.4 Å². The molecule has 7 heteroatoms. The molecule has 0 spiro atoms. The molecule has 0 unspecified atom stereocenters. The first-order valence-corrected chi connectivity index (χ1v) is 4.32. The van der Waals surface area contributed by atoms with Crippen LogP contribution >= 0.6 is 0 Å². The highest BCUT2D eigenvalue weighted by Crippen LogP contribution is 2.26. The van der Waals surface area contributed by atoms with Crippen molar-refractivity contribution in [3.05, 3.63) is 29.8 Å². The second kappa shape index (κ2) is 4.86. The molecule has 0 fully saturated rings. The Labute approximate surface area is 93.9 Å². The van der Waals surface area contributed by atoms with Crippen molar-refractivity contribution >= 4 is 11.8 Å². The van der Waals surface area contributed by atoms with Crippen molar-refractivity contribution in [2.45, 2.75) is 6.36 Å². The lowest BCUT2D eigenvalue weighted by Gasteiger charge is -2.11. The zero-order chi connectivity index (χ0) is 13.1. The van der Waals surface area contributed by atoms with E-state index in [1.54, 1.807) is 0 Å². The Hall–Kier alpha value is -2.05. The Morgan fingerprint density at radius 2 is 1.76 bits per heavy atom. The van der Waals surface area contributed by atoms with Gasteiger partial charge in [0.05, 0.1) is 12.7 Å². The molecule has 0 aromatic heterocycles. The number of Topliss-reactive ketones (excluding diaryl/α,β-unsaturated/α-hetero) is 1. The van der Waals surface area contributed by atoms with Crippen LogP contribution in [-0.4, -0.2) is 25.2 Å². The molecule has 0 bridgehead atoms. The van der Waals surface area contributed by atoms with Gasteiger partial charge in [-0.15, -0.1) is 13.2 Å². The maximum Gasteiger partial charge on any atom is 0.573 e. The van der Waals surface area contributed by atoms with Gasteiger partial charge in [-0.2, -0.15) is 0 Å². The summed E-state index contributed by atoms with van der Waals surface area (Å²) in [5.74, 6) is -3.20. The number of ketones is 1. The smallest absolute Gasteiger partial charge is 0.463 e. The predicted molar refractivity (Wildman–Crippen MR) is 49.5 cm³/mol. The van der Waals surface area contributed by atoms with Crippen molar-refractivity contribution in [3.8, 4) is 5.75 Å². The third-order valence-corrected chi connectivity index (χ3v) is 1.73. The fraction of sp³-hybridized carbons (Fsp3) is 0.200. The molecule has 92 valence electrons. The molecule has 0 saturated heterocycles. The second-order valence-corrected chi connectivity index (χ2v) is 2.86. The molecule has 0 atom stereocenters. The number of carbonyl (C=O) groups excluding carboxylic acids is 2. The quantitative estimate of drug-likeness (QED) is 0.466. The molecule has 0 amide bonds. The summed E-state index contributed by atoms with van der Waals surface area (Å²) < 4.78 is 43.8. The van der Waals surface area contributed by atoms with E-state index in [-0.39, 0.29) is 0 Å². The average molecular weight is 248 g/mol. The maximum atomic E-state index is 12.0. The molecule has 1 rings (SSSR count). The molecule has 0 radical (unpaired) electrons. The van der Waals surface area contributed by atoms with Crippen molar-refractivity contribution in [2.75, 3.05) is 7.11 Å². The van der Waals surface area contributed by atoms with Gasteiger partial charge in [-0.25, -0.2) is 4.79 Å². The van der Waals surface area contributed by atoms with E-state index in [0.717, 1.165) is 19.2 Å². The molecule has 4 nitrogen and oxygen atoms in total. The summed E-state index contributed by atoms with van der Waals surface area (Å²) >= 11 is 0. The highest BCUT2D eigenvalue weighted by atomic mass is 19.4. The van der Waals surface area contributed by atoms with Crippen molar-refractivity contribution in [1.29, 1.82) is 0 Å². The fourth-order valence-electron chi connectivity index (χ4n) is 1.07. The number of para-hydroxylation sites is 1. The van der Waals surface area contributed by atoms with Gasteiger partial charge in [0, 0.05) is 0 Å². The fourth-order valence-corrected chi connectivity index (χ4v) is 1.07. The number of hydrogen-bond acceptors (Lipinski definition) is 4. The standard InChI is InChI=1S/C10H7F3O4/c1-16-9(15)8(14)6-4-2-3-5-7(6)17-10(11,12)13/h2-5H,1H3. The number of carbonyl (C=O) groups is 2. The van der Waals surface area contributed by atoms with Gasteiger partial charge in [-0.05, 0) is 12.1 Å². The van der Waals surface area contributed by atoms with Crippen LogP contribution in [0.4, 0.5) is 13.2 Å². The van der Waals surface area contributed by atoms with E-state index in [0.29, 0.717) is 0 Å². The molecule has 0 aliphatic rings. The summed E-state index contributed by atoms with van der Waals surface area (Å²) in [6.07, 6.45) is -4.94. The lowest BCUT2D eigenvalue weighted by Crippen LogP contribution is -2.21. The van der Waals surface area contributed by atoms with Crippen molar-refractivity contribution in [1.82, 2.24) is 0 Å². The number of halogens is 3. The maximum absolute atomic E-state index is 12.0. The molecule has 17 heavy (non-hydrogen) atoms. The van der Waals surface area contributed by atoms with Gasteiger partial charge in [0.15, 0.2) is 0 Å². The van der Waals surface area contributed by atoms with Crippen LogP contribution in [0.1, 0.15) is 10.4 Å². The first-order valence-electron chi connectivity index (χ1n) is 4.32. The zero-order valence-corrected chi connectivity index (χ0v) is 8.58. The van der Waals surface area contributed by atoms with E-state index in [1.165, 1.54) is 12.1 Å². The topological polar surface area (TPSA) is 52.6 Å². The highest BCUT2D eigenvalue weighted by molar-refractivity contribution is 6.41. The van der Waals surface area contributed by atoms with E-state index in [9.17, 15) is 22.8 Å². The minimum Gasteiger partial charge on any atom is -0.463 e. The van der Waals surface area contributed by atoms with Crippen LogP contribution in [0.25, 0.3) is 0 Å². The predicted octanol–water partition coefficient (Wildman–Crippen LogP) is 1.94. The molecule has 0 aliphatic carbocycles. The lowest BCUT2D eigenvalue weighted by atomic mass is 10.1. The minimum absolute atomic E-state index is 0.503. The highest BCUT2D eigenvalue weighted by Gasteiger charge is 2.33. The average Bonchev–Trinajstić information content (AvgIpc) is 2.25. The second-order valence-electron chi connectivity index (χ2n) is 2.86. The monoisotopic (exact) mass is 248 g/mol. The SMILES string of the molecule is COC(=O)C(=O)c1ccccc1OC(F)(F)F. The Morgan fingerprint density at radius 1 is 1.18 bits per heavy atom. The largest absolute Gasteiger partial charge is 0.573 e. The van der Waals surface area contributed by atoms with Gasteiger partial charge >= 0.3 is 12.3 Å². The molecule has 0 aliphatic heterocycles. The van der Waals surface area contributed by atoms with Gasteiger partial charge in [0.25, 0.3) is 5.78 Å². The number of rotatable bonds is 3. The Bertz CT molecular complexity index is 439. The van der Waals surface area contributed by atoms with Crippen molar-refractivity contribution < 1.29 is 32.2 Å². The number of benzene rings is 1. The molecular formula is C10H7F3O4. The summed E-state index contributed by atoms with van der Waals surface area (Å²) in [4.78, 5) is 22.3. The van der Waals surface area contributed by atoms with Crippen LogP contribution in [0.2, 0.25) is 0 Å². The summed E-state index contributed by atoms with van der Waals surface area (Å²) in [6, 6.07) is 4.53. The molecule has 1 aromatic carbocycles. The number of hydrogen-bond donors (Lipinski definition) is 0. The van der Waals surface area contributed by atoms with Crippen LogP contribution in [0, 0.1) is 0 Å². The van der Waals surface area contributed by atoms with Crippen molar-refractivity contribution in [3.63, 3.8) is 0 Å². The third-order valence-electron chi connectivity index (χ3n) is 1.73. The molecule has 1 aromatic rings. The number of methoxy groups -OCH3 is 1. The van der Waals surface area contributed by atoms with Gasteiger partial charge in [-0.1, -0.05) is 12.1 Å². The van der Waals surface area contributed by atoms with Crippen LogP contribution in [-0.2, 0) is 9.53 Å². The van der Waals surface area contributed by atoms with Crippen LogP contribution in [0.5, 0.6) is 5.75 Å². The van der Waals surface area contributed by atoms with Gasteiger partial charge in [-0.3, -0.25) is 4.79 Å². The third kappa shape index (κ3) is 3.47. The summed E-state index contributed by atoms with van der Waals surface area (Å²) in [6.45, 7) is 0. The van der Waals surface area contributed by atoms with E-state index in [1.807, 2.05) is 0 Å². The molecule has 0 N–H and O–H groups in total. The molecular weight excluding hydrogens is 241 g/mol. The van der Waals surface area contributed by atoms with Crippen molar-refractivity contribution in [2.24, 2.45) is 0 Å². The van der Waals surface area contributed by atoms with E-state index in [4.69, 9.17) is 0 Å². The van der Waals surface area contributed by atoms with Gasteiger partial charge < -0.3 is 9.47 Å². The van der Waals surface area contributed by atoms with Gasteiger partial charge in [0.2, 0.25) is 0 Å². The van der Waals surface area contributed by atoms with Crippen LogP contribution in [0.15, 0.2) is 24.3 Å². The van der Waals surface area contributed by atoms with Gasteiger partial charge in [0.1, 0.15) is 5.75 Å². The minimum atomic E-state index is -4.94. The number of esters is 1. The van der Waals surface area contributed by atoms with Crippen LogP contribution in [0.3, 0.4) is 0 Å². The summed E-state index contributed by atoms with van der Waals surface area (Å²) in [5, 5.41) is 0. The summed E-state index contributed by atoms with van der Waals surface area (Å²) in [5.41, 5.74) is -0.503. The Balaban J connectivity index is 3.08. The Kier molecular flexibility index (Phi) is 3.72. The van der Waals surface area contributed by atoms with E-state index >= 15 is 0 Å². The van der Waals surface area contributed by atoms with Crippen LogP contribution < -0.4 is 4.74 Å². The molecule has 0 saturated carbocycles. The van der Waals surface area contributed by atoms with E-state index in [2.05, 4.69) is 9.47 Å².